The molecule has 10 nitrogen and oxygen atoms in total. The molecule has 0 saturated carbocycles. The van der Waals surface area contributed by atoms with E-state index in [2.05, 4.69) is 20.9 Å². The summed E-state index contributed by atoms with van der Waals surface area (Å²) in [6, 6.07) is 6.23. The third kappa shape index (κ3) is 7.62. The lowest BCUT2D eigenvalue weighted by Gasteiger charge is -2.17. The summed E-state index contributed by atoms with van der Waals surface area (Å²) in [5, 5.41) is 2.35. The summed E-state index contributed by atoms with van der Waals surface area (Å²) in [6.07, 6.45) is -0.728. The smallest absolute Gasteiger partial charge is 0.407 e. The summed E-state index contributed by atoms with van der Waals surface area (Å²) in [7, 11) is -2.56. The van der Waals surface area contributed by atoms with Crippen molar-refractivity contribution in [3.8, 4) is 0 Å². The molecule has 0 radical (unpaired) electrons. The number of hydrazine groups is 1. The summed E-state index contributed by atoms with van der Waals surface area (Å²) >= 11 is 0. The van der Waals surface area contributed by atoms with Crippen LogP contribution < -0.4 is 16.2 Å². The Morgan fingerprint density at radius 1 is 1.07 bits per heavy atom. The number of benzene rings is 1. The van der Waals surface area contributed by atoms with Gasteiger partial charge in [0, 0.05) is 20.0 Å². The minimum Gasteiger partial charge on any atom is -0.450 e. The molecule has 1 aromatic carbocycles. The van der Waals surface area contributed by atoms with Crippen LogP contribution in [0.15, 0.2) is 29.2 Å². The first-order chi connectivity index (χ1) is 12.7. The number of likely N-dealkylation sites (N-methyl/N-ethyl adjacent to an activating group) is 1. The van der Waals surface area contributed by atoms with Crippen molar-refractivity contribution >= 4 is 27.9 Å². The summed E-state index contributed by atoms with van der Waals surface area (Å²) < 4.78 is 30.3. The fourth-order valence-corrected chi connectivity index (χ4v) is 3.01. The maximum absolute atomic E-state index is 12.4. The third-order valence-corrected chi connectivity index (χ3v) is 5.15. The van der Waals surface area contributed by atoms with E-state index in [-0.39, 0.29) is 24.5 Å². The second-order valence-electron chi connectivity index (χ2n) is 5.57. The Labute approximate surface area is 158 Å². The van der Waals surface area contributed by atoms with E-state index in [0.717, 1.165) is 9.87 Å². The maximum Gasteiger partial charge on any atom is 0.407 e. The van der Waals surface area contributed by atoms with Crippen LogP contribution in [0.2, 0.25) is 0 Å². The molecule has 11 heteroatoms. The number of aryl methyl sites for hydroxylation is 1. The molecule has 0 unspecified atom stereocenters. The number of amides is 3. The van der Waals surface area contributed by atoms with Gasteiger partial charge in [0.05, 0.1) is 18.0 Å². The van der Waals surface area contributed by atoms with Crippen LogP contribution >= 0.6 is 0 Å². The van der Waals surface area contributed by atoms with Crippen molar-refractivity contribution in [1.82, 2.24) is 20.5 Å². The van der Waals surface area contributed by atoms with Gasteiger partial charge in [0.25, 0.3) is 5.91 Å². The van der Waals surface area contributed by atoms with Crippen molar-refractivity contribution in [2.45, 2.75) is 25.2 Å². The van der Waals surface area contributed by atoms with Crippen molar-refractivity contribution in [1.29, 1.82) is 0 Å². The minimum absolute atomic E-state index is 0.0300. The zero-order valence-corrected chi connectivity index (χ0v) is 16.3. The second-order valence-corrected chi connectivity index (χ2v) is 7.61. The molecule has 0 saturated heterocycles. The number of sulfonamides is 1. The van der Waals surface area contributed by atoms with Crippen LogP contribution in [0.5, 0.6) is 0 Å². The van der Waals surface area contributed by atoms with E-state index in [0.29, 0.717) is 0 Å². The van der Waals surface area contributed by atoms with Gasteiger partial charge in [-0.3, -0.25) is 20.4 Å². The average Bonchev–Trinajstić information content (AvgIpc) is 2.60. The molecule has 0 aromatic heterocycles. The lowest BCUT2D eigenvalue weighted by atomic mass is 10.2. The fraction of sp³-hybridized carbons (Fsp3) is 0.438. The Morgan fingerprint density at radius 2 is 1.67 bits per heavy atom. The maximum atomic E-state index is 12.4. The van der Waals surface area contributed by atoms with Crippen LogP contribution in [0.3, 0.4) is 0 Å². The molecule has 27 heavy (non-hydrogen) atoms. The third-order valence-electron chi connectivity index (χ3n) is 3.33. The molecule has 0 aliphatic heterocycles. The number of alkyl carbamates (subject to hydrolysis) is 1. The standard InChI is InChI=1S/C16H24N4O6S/c1-4-26-16(23)17-10-9-14(21)18-19-15(22)11-20(3)27(24,25)13-7-5-12(2)6-8-13/h5-8H,4,9-11H2,1-3H3,(H,17,23)(H,18,21)(H,19,22). The Balaban J connectivity index is 2.41. The molecule has 0 aliphatic carbocycles. The van der Waals surface area contributed by atoms with Crippen LogP contribution in [0.25, 0.3) is 0 Å². The highest BCUT2D eigenvalue weighted by Gasteiger charge is 2.22. The van der Waals surface area contributed by atoms with Gasteiger partial charge < -0.3 is 10.1 Å². The molecular weight excluding hydrogens is 376 g/mol. The van der Waals surface area contributed by atoms with Crippen LogP contribution in [-0.2, 0) is 24.3 Å². The molecule has 1 aromatic rings. The first-order valence-corrected chi connectivity index (χ1v) is 9.62. The molecule has 0 heterocycles. The monoisotopic (exact) mass is 400 g/mol. The Kier molecular flexibility index (Phi) is 8.69. The largest absolute Gasteiger partial charge is 0.450 e. The average molecular weight is 400 g/mol. The van der Waals surface area contributed by atoms with E-state index in [4.69, 9.17) is 0 Å². The Morgan fingerprint density at radius 3 is 2.26 bits per heavy atom. The number of rotatable bonds is 8. The highest BCUT2D eigenvalue weighted by atomic mass is 32.2. The lowest BCUT2D eigenvalue weighted by Crippen LogP contribution is -2.47. The van der Waals surface area contributed by atoms with E-state index in [1.807, 2.05) is 6.92 Å². The van der Waals surface area contributed by atoms with Crippen molar-refractivity contribution in [2.24, 2.45) is 0 Å². The summed E-state index contributed by atoms with van der Waals surface area (Å²) in [6.45, 7) is 3.25. The van der Waals surface area contributed by atoms with Gasteiger partial charge in [0.1, 0.15) is 0 Å². The van der Waals surface area contributed by atoms with E-state index in [9.17, 15) is 22.8 Å². The fourth-order valence-electron chi connectivity index (χ4n) is 1.88. The van der Waals surface area contributed by atoms with Crippen LogP contribution in [-0.4, -0.2) is 57.4 Å². The lowest BCUT2D eigenvalue weighted by molar-refractivity contribution is -0.128. The molecule has 0 bridgehead atoms. The van der Waals surface area contributed by atoms with Crippen LogP contribution in [0, 0.1) is 6.92 Å². The zero-order valence-electron chi connectivity index (χ0n) is 15.4. The Hall–Kier alpha value is -2.66. The summed E-state index contributed by atoms with van der Waals surface area (Å²) in [4.78, 5) is 34.5. The normalized spacial score (nSPS) is 11.0. The number of hydrogen-bond donors (Lipinski definition) is 3. The van der Waals surface area contributed by atoms with Gasteiger partial charge in [-0.15, -0.1) is 0 Å². The van der Waals surface area contributed by atoms with Crippen molar-refractivity contribution in [2.75, 3.05) is 26.7 Å². The molecule has 0 aliphatic rings. The van der Waals surface area contributed by atoms with Gasteiger partial charge in [0.15, 0.2) is 0 Å². The topological polar surface area (TPSA) is 134 Å². The van der Waals surface area contributed by atoms with Gasteiger partial charge >= 0.3 is 6.09 Å². The van der Waals surface area contributed by atoms with E-state index < -0.39 is 34.5 Å². The number of hydrogen-bond acceptors (Lipinski definition) is 6. The summed E-state index contributed by atoms with van der Waals surface area (Å²) in [5.74, 6) is -1.26. The highest BCUT2D eigenvalue weighted by Crippen LogP contribution is 2.14. The van der Waals surface area contributed by atoms with Gasteiger partial charge in [-0.05, 0) is 26.0 Å². The van der Waals surface area contributed by atoms with Gasteiger partial charge in [0.2, 0.25) is 15.9 Å². The molecule has 3 amide bonds. The molecule has 3 N–H and O–H groups in total. The predicted molar refractivity (Wildman–Crippen MR) is 96.9 cm³/mol. The number of carbonyl (C=O) groups is 3. The molecule has 0 atom stereocenters. The van der Waals surface area contributed by atoms with Crippen molar-refractivity contribution in [3.05, 3.63) is 29.8 Å². The molecule has 0 fully saturated rings. The van der Waals surface area contributed by atoms with E-state index in [1.165, 1.54) is 19.2 Å². The highest BCUT2D eigenvalue weighted by molar-refractivity contribution is 7.89. The van der Waals surface area contributed by atoms with E-state index in [1.54, 1.807) is 19.1 Å². The first-order valence-electron chi connectivity index (χ1n) is 8.18. The quantitative estimate of drug-likeness (QED) is 0.522. The molecular formula is C16H24N4O6S. The minimum atomic E-state index is -3.82. The van der Waals surface area contributed by atoms with E-state index >= 15 is 0 Å². The Bertz CT molecular complexity index is 764. The number of nitrogens with one attached hydrogen (secondary N) is 3. The van der Waals surface area contributed by atoms with Crippen LogP contribution in [0.4, 0.5) is 4.79 Å². The number of ether oxygens (including phenoxy) is 1. The van der Waals surface area contributed by atoms with Crippen molar-refractivity contribution in [3.63, 3.8) is 0 Å². The van der Waals surface area contributed by atoms with Gasteiger partial charge in [-0.25, -0.2) is 13.2 Å². The van der Waals surface area contributed by atoms with Gasteiger partial charge in [-0.2, -0.15) is 4.31 Å². The van der Waals surface area contributed by atoms with Gasteiger partial charge in [-0.1, -0.05) is 17.7 Å². The molecule has 0 spiro atoms. The van der Waals surface area contributed by atoms with Crippen molar-refractivity contribution < 1.29 is 27.5 Å². The second kappa shape index (κ2) is 10.5. The number of carbonyl (C=O) groups excluding carboxylic acids is 3. The molecule has 1 rings (SSSR count). The van der Waals surface area contributed by atoms with Crippen LogP contribution in [0.1, 0.15) is 18.9 Å². The predicted octanol–water partition coefficient (Wildman–Crippen LogP) is -0.101. The summed E-state index contributed by atoms with van der Waals surface area (Å²) in [5.41, 5.74) is 5.17. The SMILES string of the molecule is CCOC(=O)NCCC(=O)NNC(=O)CN(C)S(=O)(=O)c1ccc(C)cc1. The zero-order chi connectivity index (χ0) is 20.4. The number of nitrogens with zero attached hydrogens (tertiary/aromatic N) is 1. The molecule has 150 valence electrons. The first kappa shape index (κ1) is 22.4.